The van der Waals surface area contributed by atoms with Crippen molar-refractivity contribution in [1.29, 1.82) is 0 Å². The lowest BCUT2D eigenvalue weighted by Crippen LogP contribution is -2.15. The van der Waals surface area contributed by atoms with Crippen molar-refractivity contribution in [1.82, 2.24) is 10.2 Å². The molecule has 142 valence electrons. The normalized spacial score (nSPS) is 11.4. The van der Waals surface area contributed by atoms with Gasteiger partial charge in [-0.25, -0.2) is 8.42 Å². The molecule has 7 nitrogen and oxygen atoms in total. The number of rotatable bonds is 10. The highest BCUT2D eigenvalue weighted by Crippen LogP contribution is 2.19. The van der Waals surface area contributed by atoms with Gasteiger partial charge in [0.1, 0.15) is 11.6 Å². The molecule has 0 saturated carbocycles. The van der Waals surface area contributed by atoms with Crippen LogP contribution >= 0.6 is 0 Å². The van der Waals surface area contributed by atoms with Crippen LogP contribution in [-0.2, 0) is 10.0 Å². The SMILES string of the molecule is CCCCCNc1ccc(NS(=O)(=O)c2ccc(OC(C)C)cc2)nn1. The zero-order valence-corrected chi connectivity index (χ0v) is 16.2. The number of nitrogens with one attached hydrogen (secondary N) is 2. The Morgan fingerprint density at radius 2 is 1.65 bits per heavy atom. The van der Waals surface area contributed by atoms with Gasteiger partial charge in [0, 0.05) is 6.54 Å². The van der Waals surface area contributed by atoms with Crippen molar-refractivity contribution in [2.24, 2.45) is 0 Å². The van der Waals surface area contributed by atoms with Crippen molar-refractivity contribution in [3.8, 4) is 5.75 Å². The fraction of sp³-hybridized carbons (Fsp3) is 0.444. The van der Waals surface area contributed by atoms with Gasteiger partial charge in [0.15, 0.2) is 5.82 Å². The molecule has 0 aliphatic rings. The van der Waals surface area contributed by atoms with E-state index in [-0.39, 0.29) is 16.8 Å². The Morgan fingerprint density at radius 3 is 2.23 bits per heavy atom. The number of hydrogen-bond donors (Lipinski definition) is 2. The highest BCUT2D eigenvalue weighted by atomic mass is 32.2. The summed E-state index contributed by atoms with van der Waals surface area (Å²) in [7, 11) is -3.72. The molecule has 0 fully saturated rings. The van der Waals surface area contributed by atoms with Gasteiger partial charge >= 0.3 is 0 Å². The fourth-order valence-electron chi connectivity index (χ4n) is 2.24. The molecule has 2 aromatic rings. The van der Waals surface area contributed by atoms with E-state index >= 15 is 0 Å². The van der Waals surface area contributed by atoms with E-state index < -0.39 is 10.0 Å². The van der Waals surface area contributed by atoms with E-state index in [1.54, 1.807) is 24.3 Å². The Balaban J connectivity index is 1.97. The molecule has 0 unspecified atom stereocenters. The molecule has 1 heterocycles. The molecule has 8 heteroatoms. The van der Waals surface area contributed by atoms with Crippen molar-refractivity contribution in [2.45, 2.75) is 51.0 Å². The predicted molar refractivity (Wildman–Crippen MR) is 103 cm³/mol. The maximum Gasteiger partial charge on any atom is 0.263 e. The summed E-state index contributed by atoms with van der Waals surface area (Å²) in [6, 6.07) is 9.54. The summed E-state index contributed by atoms with van der Waals surface area (Å²) in [4.78, 5) is 0.136. The van der Waals surface area contributed by atoms with Crippen LogP contribution in [-0.4, -0.2) is 31.3 Å². The summed E-state index contributed by atoms with van der Waals surface area (Å²) in [5, 5.41) is 11.1. The molecule has 2 rings (SSSR count). The number of aromatic nitrogens is 2. The monoisotopic (exact) mass is 378 g/mol. The minimum Gasteiger partial charge on any atom is -0.491 e. The highest BCUT2D eigenvalue weighted by molar-refractivity contribution is 7.92. The van der Waals surface area contributed by atoms with Crippen molar-refractivity contribution in [3.63, 3.8) is 0 Å². The second kappa shape index (κ2) is 9.38. The maximum atomic E-state index is 12.4. The standard InChI is InChI=1S/C18H26N4O3S/c1-4-5-6-13-19-17-11-12-18(21-20-17)22-26(23,24)16-9-7-15(8-10-16)25-14(2)3/h7-12,14H,4-6,13H2,1-3H3,(H,19,20)(H,21,22). The molecule has 0 spiro atoms. The number of unbranched alkanes of at least 4 members (excludes halogenated alkanes) is 2. The van der Waals surface area contributed by atoms with E-state index in [0.29, 0.717) is 11.6 Å². The van der Waals surface area contributed by atoms with Gasteiger partial charge in [0.2, 0.25) is 0 Å². The Bertz CT molecular complexity index is 775. The number of ether oxygens (including phenoxy) is 1. The van der Waals surface area contributed by atoms with E-state index in [1.165, 1.54) is 12.1 Å². The van der Waals surface area contributed by atoms with E-state index in [1.807, 2.05) is 13.8 Å². The Morgan fingerprint density at radius 1 is 1.00 bits per heavy atom. The predicted octanol–water partition coefficient (Wildman–Crippen LogP) is 3.67. The Hall–Kier alpha value is -2.35. The first kappa shape index (κ1) is 20.0. The van der Waals surface area contributed by atoms with Gasteiger partial charge in [-0.05, 0) is 56.7 Å². The summed E-state index contributed by atoms with van der Waals surface area (Å²) >= 11 is 0. The largest absolute Gasteiger partial charge is 0.491 e. The zero-order valence-electron chi connectivity index (χ0n) is 15.4. The first-order chi connectivity index (χ1) is 12.4. The summed E-state index contributed by atoms with van der Waals surface area (Å²) in [6.07, 6.45) is 3.39. The van der Waals surface area contributed by atoms with Crippen molar-refractivity contribution >= 4 is 21.7 Å². The third kappa shape index (κ3) is 6.18. The first-order valence-electron chi connectivity index (χ1n) is 8.78. The minimum absolute atomic E-state index is 0.0277. The topological polar surface area (TPSA) is 93.2 Å². The molecular formula is C18H26N4O3S. The van der Waals surface area contributed by atoms with Gasteiger partial charge in [-0.15, -0.1) is 10.2 Å². The van der Waals surface area contributed by atoms with E-state index in [2.05, 4.69) is 27.2 Å². The van der Waals surface area contributed by atoms with Gasteiger partial charge in [-0.2, -0.15) is 0 Å². The van der Waals surface area contributed by atoms with Crippen LogP contribution in [0.1, 0.15) is 40.0 Å². The van der Waals surface area contributed by atoms with Gasteiger partial charge in [0.25, 0.3) is 10.0 Å². The molecule has 0 bridgehead atoms. The average Bonchev–Trinajstić information content (AvgIpc) is 2.60. The number of sulfonamides is 1. The molecule has 0 aliphatic heterocycles. The molecule has 1 aromatic heterocycles. The van der Waals surface area contributed by atoms with Crippen LogP contribution in [0.5, 0.6) is 5.75 Å². The lowest BCUT2D eigenvalue weighted by Gasteiger charge is -2.11. The maximum absolute atomic E-state index is 12.4. The molecule has 0 saturated heterocycles. The molecule has 26 heavy (non-hydrogen) atoms. The third-order valence-electron chi connectivity index (χ3n) is 3.50. The van der Waals surface area contributed by atoms with Crippen LogP contribution < -0.4 is 14.8 Å². The van der Waals surface area contributed by atoms with E-state index in [9.17, 15) is 8.42 Å². The quantitative estimate of drug-likeness (QED) is 0.613. The Labute approximate surface area is 155 Å². The molecule has 2 N–H and O–H groups in total. The average molecular weight is 378 g/mol. The smallest absolute Gasteiger partial charge is 0.263 e. The second-order valence-electron chi connectivity index (χ2n) is 6.18. The van der Waals surface area contributed by atoms with Crippen LogP contribution in [0.4, 0.5) is 11.6 Å². The van der Waals surface area contributed by atoms with Gasteiger partial charge in [-0.1, -0.05) is 19.8 Å². The van der Waals surface area contributed by atoms with Crippen LogP contribution in [0, 0.1) is 0 Å². The number of anilines is 2. The number of benzene rings is 1. The lowest BCUT2D eigenvalue weighted by atomic mass is 10.2. The molecule has 0 aliphatic carbocycles. The Kier molecular flexibility index (Phi) is 7.20. The fourth-order valence-corrected chi connectivity index (χ4v) is 3.23. The molecule has 0 atom stereocenters. The highest BCUT2D eigenvalue weighted by Gasteiger charge is 2.15. The van der Waals surface area contributed by atoms with Crippen molar-refractivity contribution in [2.75, 3.05) is 16.6 Å². The second-order valence-corrected chi connectivity index (χ2v) is 7.86. The first-order valence-corrected chi connectivity index (χ1v) is 10.3. The summed E-state index contributed by atoms with van der Waals surface area (Å²) in [6.45, 7) is 6.78. The minimum atomic E-state index is -3.72. The summed E-state index contributed by atoms with van der Waals surface area (Å²) in [5.41, 5.74) is 0. The van der Waals surface area contributed by atoms with Gasteiger partial charge < -0.3 is 10.1 Å². The van der Waals surface area contributed by atoms with Gasteiger partial charge in [0.05, 0.1) is 11.0 Å². The number of nitrogens with zero attached hydrogens (tertiary/aromatic N) is 2. The van der Waals surface area contributed by atoms with Crippen molar-refractivity contribution < 1.29 is 13.2 Å². The number of hydrogen-bond acceptors (Lipinski definition) is 6. The molecular weight excluding hydrogens is 352 g/mol. The van der Waals surface area contributed by atoms with Crippen LogP contribution in [0.2, 0.25) is 0 Å². The zero-order chi connectivity index (χ0) is 19.0. The van der Waals surface area contributed by atoms with Gasteiger partial charge in [-0.3, -0.25) is 4.72 Å². The van der Waals surface area contributed by atoms with Crippen LogP contribution in [0.25, 0.3) is 0 Å². The van der Waals surface area contributed by atoms with Crippen molar-refractivity contribution in [3.05, 3.63) is 36.4 Å². The van der Waals surface area contributed by atoms with Crippen LogP contribution in [0.3, 0.4) is 0 Å². The third-order valence-corrected chi connectivity index (χ3v) is 4.87. The lowest BCUT2D eigenvalue weighted by molar-refractivity contribution is 0.242. The van der Waals surface area contributed by atoms with E-state index in [0.717, 1.165) is 25.8 Å². The molecule has 0 amide bonds. The summed E-state index contributed by atoms with van der Waals surface area (Å²) in [5.74, 6) is 1.42. The van der Waals surface area contributed by atoms with E-state index in [4.69, 9.17) is 4.74 Å². The van der Waals surface area contributed by atoms with Crippen LogP contribution in [0.15, 0.2) is 41.3 Å². The summed E-state index contributed by atoms with van der Waals surface area (Å²) < 4.78 is 32.8. The molecule has 0 radical (unpaired) electrons. The molecule has 1 aromatic carbocycles.